The van der Waals surface area contributed by atoms with Gasteiger partial charge in [-0.15, -0.1) is 0 Å². The minimum absolute atomic E-state index is 0.452. The van der Waals surface area contributed by atoms with Crippen molar-refractivity contribution < 1.29 is 9.47 Å². The van der Waals surface area contributed by atoms with Crippen LogP contribution in [0.15, 0.2) is 101 Å². The van der Waals surface area contributed by atoms with E-state index in [1.54, 1.807) is 38.5 Å². The molecular weight excluding hydrogens is 406 g/mol. The third kappa shape index (κ3) is 2.75. The lowest BCUT2D eigenvalue weighted by atomic mass is 9.90. The van der Waals surface area contributed by atoms with E-state index < -0.39 is 29.3 Å². The Balaban J connectivity index is 1.89. The fourth-order valence-corrected chi connectivity index (χ4v) is 4.78. The molecule has 7 heteroatoms. The summed E-state index contributed by atoms with van der Waals surface area (Å²) < 4.78 is 16.2. The van der Waals surface area contributed by atoms with Crippen LogP contribution in [0.2, 0.25) is 0 Å². The zero-order valence-electron chi connectivity index (χ0n) is 17.8. The number of para-hydroxylation sites is 1. The molecule has 32 heavy (non-hydrogen) atoms. The second-order valence-electron chi connectivity index (χ2n) is 7.68. The van der Waals surface area contributed by atoms with Gasteiger partial charge in [-0.2, -0.15) is 0 Å². The van der Waals surface area contributed by atoms with Crippen molar-refractivity contribution in [2.24, 2.45) is 0 Å². The van der Waals surface area contributed by atoms with Crippen LogP contribution < -0.4 is 11.4 Å². The van der Waals surface area contributed by atoms with Gasteiger partial charge in [0, 0.05) is 14.2 Å². The van der Waals surface area contributed by atoms with Crippen LogP contribution in [-0.2, 0) is 9.47 Å². The van der Waals surface area contributed by atoms with E-state index in [4.69, 9.17) is 9.47 Å². The Kier molecular flexibility index (Phi) is 4.92. The summed E-state index contributed by atoms with van der Waals surface area (Å²) in [7, 11) is 3.09. The average Bonchev–Trinajstić information content (AvgIpc) is 3.29. The third-order valence-corrected chi connectivity index (χ3v) is 6.14. The molecule has 0 saturated carbocycles. The number of methoxy groups -OCH3 is 2. The number of benzene rings is 3. The van der Waals surface area contributed by atoms with Crippen molar-refractivity contribution in [1.29, 1.82) is 0 Å². The normalized spacial score (nSPS) is 19.1. The van der Waals surface area contributed by atoms with Crippen LogP contribution in [0, 0.1) is 0 Å². The van der Waals surface area contributed by atoms with Gasteiger partial charge < -0.3 is 9.47 Å². The van der Waals surface area contributed by atoms with Gasteiger partial charge in [-0.25, -0.2) is 23.5 Å². The molecule has 5 rings (SSSR count). The van der Waals surface area contributed by atoms with Crippen LogP contribution in [0.25, 0.3) is 5.69 Å². The molecule has 0 N–H and O–H groups in total. The highest BCUT2D eigenvalue weighted by Gasteiger charge is 2.59. The number of rotatable bonds is 5. The van der Waals surface area contributed by atoms with Crippen molar-refractivity contribution in [3.05, 3.63) is 123 Å². The molecule has 0 aliphatic carbocycles. The number of ether oxygens (including phenoxy) is 2. The molecule has 2 unspecified atom stereocenters. The van der Waals surface area contributed by atoms with E-state index >= 15 is 0 Å². The van der Waals surface area contributed by atoms with Crippen LogP contribution in [0.5, 0.6) is 0 Å². The fourth-order valence-electron chi connectivity index (χ4n) is 4.78. The van der Waals surface area contributed by atoms with E-state index in [-0.39, 0.29) is 0 Å². The van der Waals surface area contributed by atoms with Crippen LogP contribution in [-0.4, -0.2) is 33.9 Å². The maximum atomic E-state index is 13.8. The summed E-state index contributed by atoms with van der Waals surface area (Å²) in [5, 5.41) is 0. The maximum Gasteiger partial charge on any atom is 0.352 e. The Morgan fingerprint density at radius 3 is 1.38 bits per heavy atom. The molecule has 0 radical (unpaired) electrons. The minimum atomic E-state index is -1.31. The molecule has 162 valence electrons. The Bertz CT molecular complexity index is 1260. The second kappa shape index (κ2) is 7.78. The number of nitrogens with zero attached hydrogens (tertiary/aromatic N) is 3. The second-order valence-corrected chi connectivity index (χ2v) is 7.68. The number of hydrogen-bond acceptors (Lipinski definition) is 4. The first kappa shape index (κ1) is 20.2. The molecule has 1 aromatic heterocycles. The van der Waals surface area contributed by atoms with Crippen molar-refractivity contribution in [3.63, 3.8) is 0 Å². The van der Waals surface area contributed by atoms with Gasteiger partial charge >= 0.3 is 11.4 Å². The molecule has 0 saturated heterocycles. The molecule has 2 atom stereocenters. The fraction of sp³-hybridized carbons (Fsp3) is 0.200. The molecule has 1 aliphatic heterocycles. The van der Waals surface area contributed by atoms with Crippen molar-refractivity contribution in [1.82, 2.24) is 13.9 Å². The summed E-state index contributed by atoms with van der Waals surface area (Å²) in [4.78, 5) is 27.5. The van der Waals surface area contributed by atoms with Crippen molar-refractivity contribution in [2.45, 2.75) is 17.9 Å². The van der Waals surface area contributed by atoms with E-state index in [2.05, 4.69) is 0 Å². The zero-order valence-corrected chi connectivity index (χ0v) is 17.8. The van der Waals surface area contributed by atoms with Crippen molar-refractivity contribution >= 4 is 0 Å². The molecule has 3 aromatic carbocycles. The first-order chi connectivity index (χ1) is 15.6. The summed E-state index contributed by atoms with van der Waals surface area (Å²) in [6, 6.07) is 26.6. The first-order valence-electron chi connectivity index (χ1n) is 10.4. The van der Waals surface area contributed by atoms with E-state index in [0.29, 0.717) is 5.69 Å². The van der Waals surface area contributed by atoms with E-state index in [1.807, 2.05) is 66.7 Å². The summed E-state index contributed by atoms with van der Waals surface area (Å²) in [6.45, 7) is 0. The largest absolute Gasteiger partial charge is 0.352 e. The summed E-state index contributed by atoms with van der Waals surface area (Å²) >= 11 is 0. The molecule has 2 heterocycles. The van der Waals surface area contributed by atoms with Crippen molar-refractivity contribution in [3.8, 4) is 5.69 Å². The summed E-state index contributed by atoms with van der Waals surface area (Å²) in [5.74, 6) is -1.31. The highest BCUT2D eigenvalue weighted by atomic mass is 16.7. The van der Waals surface area contributed by atoms with Gasteiger partial charge in [-0.05, 0) is 23.3 Å². The smallest absolute Gasteiger partial charge is 0.349 e. The lowest BCUT2D eigenvalue weighted by Crippen LogP contribution is -2.47. The average molecular weight is 429 g/mol. The van der Waals surface area contributed by atoms with E-state index in [9.17, 15) is 9.59 Å². The van der Waals surface area contributed by atoms with E-state index in [1.165, 1.54) is 13.9 Å². The highest BCUT2D eigenvalue weighted by Crippen LogP contribution is 2.48. The molecule has 0 amide bonds. The SMILES string of the molecule is COC1(OC)C(c2ccccc2)n2c(=O)n(-c3ccccc3)c(=O)n2C1c1ccccc1. The van der Waals surface area contributed by atoms with Gasteiger partial charge in [0.15, 0.2) is 0 Å². The zero-order chi connectivity index (χ0) is 22.3. The minimum Gasteiger partial charge on any atom is -0.349 e. The highest BCUT2D eigenvalue weighted by molar-refractivity contribution is 5.35. The topological polar surface area (TPSA) is 67.4 Å². The molecule has 4 aromatic rings. The Morgan fingerprint density at radius 1 is 0.625 bits per heavy atom. The van der Waals surface area contributed by atoms with Gasteiger partial charge in [0.1, 0.15) is 12.1 Å². The number of fused-ring (bicyclic) bond motifs is 1. The molecule has 0 fully saturated rings. The lowest BCUT2D eigenvalue weighted by molar-refractivity contribution is -0.228. The Morgan fingerprint density at radius 2 is 1.00 bits per heavy atom. The van der Waals surface area contributed by atoms with E-state index in [0.717, 1.165) is 11.1 Å². The summed E-state index contributed by atoms with van der Waals surface area (Å²) in [5.41, 5.74) is 1.21. The van der Waals surface area contributed by atoms with Gasteiger partial charge in [0.05, 0.1) is 5.69 Å². The van der Waals surface area contributed by atoms with Gasteiger partial charge in [-0.3, -0.25) is 0 Å². The maximum absolute atomic E-state index is 13.8. The van der Waals surface area contributed by atoms with Crippen LogP contribution in [0.1, 0.15) is 23.2 Å². The molecule has 1 aliphatic rings. The predicted octanol–water partition coefficient (Wildman–Crippen LogP) is 2.98. The monoisotopic (exact) mass is 429 g/mol. The van der Waals surface area contributed by atoms with Crippen LogP contribution in [0.4, 0.5) is 0 Å². The molecule has 0 bridgehead atoms. The Hall–Kier alpha value is -3.68. The lowest BCUT2D eigenvalue weighted by Gasteiger charge is -2.36. The molecule has 7 nitrogen and oxygen atoms in total. The number of hydrogen-bond donors (Lipinski definition) is 0. The summed E-state index contributed by atoms with van der Waals surface area (Å²) in [6.07, 6.45) is 0. The standard InChI is InChI=1S/C25H23N3O4/c1-31-25(32-2)21(18-12-6-3-7-13-18)27-23(29)26(20-16-10-5-11-17-20)24(30)28(27)22(25)19-14-8-4-9-15-19/h3-17,21-22H,1-2H3. The quantitative estimate of drug-likeness (QED) is 0.458. The molecule has 0 spiro atoms. The first-order valence-corrected chi connectivity index (χ1v) is 10.4. The van der Waals surface area contributed by atoms with Gasteiger partial charge in [0.25, 0.3) is 0 Å². The van der Waals surface area contributed by atoms with Crippen LogP contribution >= 0.6 is 0 Å². The van der Waals surface area contributed by atoms with Crippen LogP contribution in [0.3, 0.4) is 0 Å². The van der Waals surface area contributed by atoms with Gasteiger partial charge in [0.2, 0.25) is 5.79 Å². The van der Waals surface area contributed by atoms with Crippen molar-refractivity contribution in [2.75, 3.05) is 14.2 Å². The number of aromatic nitrogens is 3. The Labute approximate surface area is 184 Å². The van der Waals surface area contributed by atoms with Gasteiger partial charge in [-0.1, -0.05) is 78.9 Å². The molecular formula is C25H23N3O4. The third-order valence-electron chi connectivity index (χ3n) is 6.14. The predicted molar refractivity (Wildman–Crippen MR) is 120 cm³/mol.